The summed E-state index contributed by atoms with van der Waals surface area (Å²) in [4.78, 5) is 3.20. The third kappa shape index (κ3) is 2.28. The number of H-pyrrole nitrogens is 1. The molecule has 7 heteroatoms. The third-order valence-corrected chi connectivity index (χ3v) is 5.69. The zero-order valence-corrected chi connectivity index (χ0v) is 14.4. The molecule has 2 rings (SSSR count). The molecule has 0 bridgehead atoms. The van der Waals surface area contributed by atoms with E-state index in [-0.39, 0.29) is 0 Å². The number of fused-ring (bicyclic) bond motifs is 1. The maximum Gasteiger partial charge on any atom is 0.194 e. The largest absolute Gasteiger partial charge is 0.372 e. The standard InChI is InChI=1S/C13H16NO3S2Si/c1-12(15-2,16-3)13(20,17-4)8-6-5-7-9-10(8)14-11(18)19-9/h5-7H,1-4H3,(H,14,18). The van der Waals surface area contributed by atoms with Crippen LogP contribution in [0.15, 0.2) is 18.2 Å². The Morgan fingerprint density at radius 3 is 2.40 bits per heavy atom. The van der Waals surface area contributed by atoms with E-state index in [1.165, 1.54) is 11.3 Å². The van der Waals surface area contributed by atoms with Crippen LogP contribution in [-0.4, -0.2) is 42.3 Å². The summed E-state index contributed by atoms with van der Waals surface area (Å²) in [6, 6.07) is 5.92. The Kier molecular flexibility index (Phi) is 4.48. The van der Waals surface area contributed by atoms with Gasteiger partial charge in [-0.1, -0.05) is 12.1 Å². The quantitative estimate of drug-likeness (QED) is 0.521. The lowest BCUT2D eigenvalue weighted by atomic mass is 9.99. The van der Waals surface area contributed by atoms with Gasteiger partial charge in [-0.05, 0) is 25.2 Å². The summed E-state index contributed by atoms with van der Waals surface area (Å²) in [7, 11) is 8.46. The van der Waals surface area contributed by atoms with E-state index in [1.807, 2.05) is 25.1 Å². The molecule has 0 amide bonds. The monoisotopic (exact) mass is 326 g/mol. The number of methoxy groups -OCH3 is 3. The minimum absolute atomic E-state index is 0.717. The average molecular weight is 326 g/mol. The fourth-order valence-corrected chi connectivity index (χ4v) is 3.72. The van der Waals surface area contributed by atoms with Crippen molar-refractivity contribution in [3.8, 4) is 0 Å². The number of thiazole rings is 1. The number of ether oxygens (including phenoxy) is 3. The van der Waals surface area contributed by atoms with Crippen LogP contribution in [0.3, 0.4) is 0 Å². The maximum absolute atomic E-state index is 5.70. The van der Waals surface area contributed by atoms with E-state index < -0.39 is 11.0 Å². The number of benzene rings is 1. The van der Waals surface area contributed by atoms with Crippen LogP contribution < -0.4 is 0 Å². The summed E-state index contributed by atoms with van der Waals surface area (Å²) in [5.74, 6) is -1.01. The highest BCUT2D eigenvalue weighted by Gasteiger charge is 2.48. The molecule has 0 saturated heterocycles. The molecule has 1 atom stereocenters. The normalized spacial score (nSPS) is 15.4. The van der Waals surface area contributed by atoms with Gasteiger partial charge in [0.25, 0.3) is 0 Å². The molecule has 4 nitrogen and oxygen atoms in total. The van der Waals surface area contributed by atoms with Gasteiger partial charge in [0, 0.05) is 26.9 Å². The van der Waals surface area contributed by atoms with Crippen molar-refractivity contribution in [1.82, 2.24) is 4.98 Å². The van der Waals surface area contributed by atoms with Gasteiger partial charge >= 0.3 is 0 Å². The first-order valence-electron chi connectivity index (χ1n) is 5.94. The smallest absolute Gasteiger partial charge is 0.194 e. The molecule has 1 unspecified atom stereocenters. The lowest BCUT2D eigenvalue weighted by Gasteiger charge is -2.43. The van der Waals surface area contributed by atoms with E-state index in [2.05, 4.69) is 15.2 Å². The summed E-state index contributed by atoms with van der Waals surface area (Å²) in [6.07, 6.45) is 0. The Morgan fingerprint density at radius 1 is 1.20 bits per heavy atom. The Hall–Kier alpha value is -0.573. The molecule has 0 saturated carbocycles. The molecule has 0 aliphatic carbocycles. The van der Waals surface area contributed by atoms with E-state index in [4.69, 9.17) is 26.4 Å². The zero-order valence-electron chi connectivity index (χ0n) is 11.8. The highest BCUT2D eigenvalue weighted by Crippen LogP contribution is 2.40. The second-order valence-electron chi connectivity index (χ2n) is 4.43. The molecule has 1 aromatic heterocycles. The SMILES string of the molecule is COC(C)(OC)C([Si])(OC)c1cccc2sc(=S)[nH]c12. The van der Waals surface area contributed by atoms with Gasteiger partial charge in [-0.3, -0.25) is 0 Å². The number of hydrogen-bond donors (Lipinski definition) is 1. The van der Waals surface area contributed by atoms with Crippen molar-refractivity contribution < 1.29 is 14.2 Å². The Bertz CT molecular complexity index is 665. The summed E-state index contributed by atoms with van der Waals surface area (Å²) < 4.78 is 18.5. The van der Waals surface area contributed by atoms with E-state index in [9.17, 15) is 0 Å². The van der Waals surface area contributed by atoms with Crippen molar-refractivity contribution >= 4 is 44.0 Å². The van der Waals surface area contributed by atoms with Gasteiger partial charge in [-0.15, -0.1) is 11.3 Å². The molecule has 107 valence electrons. The van der Waals surface area contributed by atoms with Crippen molar-refractivity contribution in [1.29, 1.82) is 0 Å². The minimum atomic E-state index is -1.01. The van der Waals surface area contributed by atoms with E-state index in [0.717, 1.165) is 15.8 Å². The molecule has 0 fully saturated rings. The average Bonchev–Trinajstić information content (AvgIpc) is 2.85. The van der Waals surface area contributed by atoms with Gasteiger partial charge in [-0.25, -0.2) is 0 Å². The van der Waals surface area contributed by atoms with Gasteiger partial charge in [-0.2, -0.15) is 0 Å². The van der Waals surface area contributed by atoms with Crippen LogP contribution in [0.4, 0.5) is 0 Å². The fraction of sp³-hybridized carbons (Fsp3) is 0.462. The van der Waals surface area contributed by atoms with E-state index >= 15 is 0 Å². The number of nitrogens with one attached hydrogen (secondary N) is 1. The number of hydrogen-bond acceptors (Lipinski definition) is 5. The van der Waals surface area contributed by atoms with Crippen LogP contribution in [0.25, 0.3) is 10.2 Å². The maximum atomic E-state index is 5.70. The van der Waals surface area contributed by atoms with Crippen molar-refractivity contribution in [2.24, 2.45) is 0 Å². The highest BCUT2D eigenvalue weighted by atomic mass is 32.1. The first kappa shape index (κ1) is 15.8. The van der Waals surface area contributed by atoms with Gasteiger partial charge in [0.15, 0.2) is 9.74 Å². The first-order valence-corrected chi connectivity index (χ1v) is 7.67. The molecule has 1 N–H and O–H groups in total. The van der Waals surface area contributed by atoms with Gasteiger partial charge in [0.1, 0.15) is 5.22 Å². The van der Waals surface area contributed by atoms with Crippen LogP contribution >= 0.6 is 23.6 Å². The summed E-state index contributed by atoms with van der Waals surface area (Å²) in [5.41, 5.74) is 1.78. The van der Waals surface area contributed by atoms with Crippen molar-refractivity contribution in [2.45, 2.75) is 17.9 Å². The molecule has 0 aliphatic rings. The first-order chi connectivity index (χ1) is 9.41. The molecule has 1 aromatic carbocycles. The van der Waals surface area contributed by atoms with E-state index in [1.54, 1.807) is 21.3 Å². The van der Waals surface area contributed by atoms with Gasteiger partial charge < -0.3 is 19.2 Å². The van der Waals surface area contributed by atoms with Crippen LogP contribution in [0.2, 0.25) is 0 Å². The molecule has 2 aromatic rings. The molecule has 3 radical (unpaired) electrons. The number of rotatable bonds is 5. The minimum Gasteiger partial charge on any atom is -0.372 e. The molecule has 1 heterocycles. The molecular formula is C13H16NO3S2Si. The lowest BCUT2D eigenvalue weighted by Crippen LogP contribution is -2.54. The second-order valence-corrected chi connectivity index (χ2v) is 6.86. The fourth-order valence-electron chi connectivity index (χ4n) is 2.18. The van der Waals surface area contributed by atoms with Gasteiger partial charge in [0.05, 0.1) is 20.5 Å². The van der Waals surface area contributed by atoms with Crippen LogP contribution in [0.1, 0.15) is 12.5 Å². The third-order valence-electron chi connectivity index (χ3n) is 3.56. The number of aromatic amines is 1. The number of para-hydroxylation sites is 1. The van der Waals surface area contributed by atoms with E-state index in [0.29, 0.717) is 3.95 Å². The summed E-state index contributed by atoms with van der Waals surface area (Å²) >= 11 is 6.74. The molecule has 20 heavy (non-hydrogen) atoms. The summed E-state index contributed by atoms with van der Waals surface area (Å²) in [5, 5.41) is -0.977. The predicted molar refractivity (Wildman–Crippen MR) is 83.9 cm³/mol. The Morgan fingerprint density at radius 2 is 1.85 bits per heavy atom. The van der Waals surface area contributed by atoms with Crippen LogP contribution in [0.5, 0.6) is 0 Å². The lowest BCUT2D eigenvalue weighted by molar-refractivity contribution is -0.274. The molecule has 0 aliphatic heterocycles. The van der Waals surface area contributed by atoms with Gasteiger partial charge in [0.2, 0.25) is 0 Å². The topological polar surface area (TPSA) is 43.5 Å². The van der Waals surface area contributed by atoms with Crippen LogP contribution in [-0.2, 0) is 19.4 Å². The number of aromatic nitrogens is 1. The van der Waals surface area contributed by atoms with Crippen molar-refractivity contribution in [2.75, 3.05) is 21.3 Å². The summed E-state index contributed by atoms with van der Waals surface area (Å²) in [6.45, 7) is 1.81. The highest BCUT2D eigenvalue weighted by molar-refractivity contribution is 7.73. The molecular weight excluding hydrogens is 310 g/mol. The zero-order chi connectivity index (χ0) is 15.0. The molecule has 0 spiro atoms. The Labute approximate surface area is 130 Å². The second kappa shape index (κ2) is 5.67. The Balaban J connectivity index is 2.74. The predicted octanol–water partition coefficient (Wildman–Crippen LogP) is 2.94. The van der Waals surface area contributed by atoms with Crippen molar-refractivity contribution in [3.05, 3.63) is 27.7 Å². The van der Waals surface area contributed by atoms with Crippen molar-refractivity contribution in [3.63, 3.8) is 0 Å². The van der Waals surface area contributed by atoms with Crippen LogP contribution in [0, 0.1) is 3.95 Å².